The van der Waals surface area contributed by atoms with Crippen molar-refractivity contribution in [3.63, 3.8) is 0 Å². The number of carbonyl (C=O) groups excluding carboxylic acids is 1. The molecule has 34 heavy (non-hydrogen) atoms. The van der Waals surface area contributed by atoms with Crippen molar-refractivity contribution in [1.29, 1.82) is 0 Å². The van der Waals surface area contributed by atoms with Gasteiger partial charge in [0.1, 0.15) is 19.0 Å². The summed E-state index contributed by atoms with van der Waals surface area (Å²) in [7, 11) is -0.900. The second kappa shape index (κ2) is 9.64. The number of hydrogen-bond donors (Lipinski definition) is 1. The summed E-state index contributed by atoms with van der Waals surface area (Å²) >= 11 is 0. The Labute approximate surface area is 199 Å². The third kappa shape index (κ3) is 4.65. The van der Waals surface area contributed by atoms with E-state index >= 15 is 0 Å². The number of carbonyl (C=O) groups is 1. The lowest BCUT2D eigenvalue weighted by molar-refractivity contribution is 0.0939. The molecule has 0 aromatic heterocycles. The van der Waals surface area contributed by atoms with Gasteiger partial charge < -0.3 is 19.5 Å². The van der Waals surface area contributed by atoms with Crippen LogP contribution in [0.5, 0.6) is 17.2 Å². The molecule has 0 bridgehead atoms. The maximum Gasteiger partial charge on any atom is 0.264 e. The van der Waals surface area contributed by atoms with Crippen LogP contribution < -0.4 is 23.8 Å². The normalized spacial score (nSPS) is 13.6. The standard InChI is InChI=1S/C25H26N2O6S/c1-17(19-10-13-23-24(16-19)33-15-14-32-23)26-25(28)18-8-11-20(12-9-18)34(29,30)27(2)21-6-4-5-7-22(21)31-3/h4-13,16-17H,14-15H2,1-3H3,(H,26,28)/t17-/m1/s1. The molecule has 3 aromatic rings. The Morgan fingerprint density at radius 1 is 1.00 bits per heavy atom. The van der Waals surface area contributed by atoms with Crippen LogP contribution in [-0.4, -0.2) is 41.7 Å². The molecule has 0 spiro atoms. The summed E-state index contributed by atoms with van der Waals surface area (Å²) in [4.78, 5) is 12.8. The molecule has 1 N–H and O–H groups in total. The van der Waals surface area contributed by atoms with Crippen LogP contribution in [-0.2, 0) is 10.0 Å². The zero-order valence-corrected chi connectivity index (χ0v) is 20.0. The van der Waals surface area contributed by atoms with Gasteiger partial charge in [0.05, 0.1) is 23.7 Å². The summed E-state index contributed by atoms with van der Waals surface area (Å²) in [5, 5.41) is 2.93. The minimum Gasteiger partial charge on any atom is -0.495 e. The van der Waals surface area contributed by atoms with E-state index in [1.54, 1.807) is 24.3 Å². The first-order valence-corrected chi connectivity index (χ1v) is 12.2. The number of nitrogens with zero attached hydrogens (tertiary/aromatic N) is 1. The number of hydrogen-bond acceptors (Lipinski definition) is 6. The van der Waals surface area contributed by atoms with Gasteiger partial charge in [0, 0.05) is 12.6 Å². The number of anilines is 1. The number of sulfonamides is 1. The van der Waals surface area contributed by atoms with E-state index in [2.05, 4.69) is 5.32 Å². The van der Waals surface area contributed by atoms with Crippen LogP contribution in [0, 0.1) is 0 Å². The molecule has 0 saturated heterocycles. The van der Waals surface area contributed by atoms with Crippen molar-refractivity contribution >= 4 is 21.6 Å². The van der Waals surface area contributed by atoms with Crippen molar-refractivity contribution < 1.29 is 27.4 Å². The number of para-hydroxylation sites is 2. The van der Waals surface area contributed by atoms with Crippen molar-refractivity contribution in [2.75, 3.05) is 31.7 Å². The molecule has 1 heterocycles. The third-order valence-corrected chi connectivity index (χ3v) is 7.40. The topological polar surface area (TPSA) is 94.2 Å². The number of ether oxygens (including phenoxy) is 3. The molecule has 8 nitrogen and oxygen atoms in total. The predicted octanol–water partition coefficient (Wildman–Crippen LogP) is 3.78. The van der Waals surface area contributed by atoms with E-state index in [1.165, 1.54) is 38.4 Å². The van der Waals surface area contributed by atoms with Gasteiger partial charge in [0.15, 0.2) is 11.5 Å². The average molecular weight is 483 g/mol. The Balaban J connectivity index is 1.48. The van der Waals surface area contributed by atoms with Gasteiger partial charge in [0.2, 0.25) is 0 Å². The maximum atomic E-state index is 13.1. The zero-order valence-electron chi connectivity index (χ0n) is 19.1. The molecule has 4 rings (SSSR count). The molecule has 1 atom stereocenters. The average Bonchev–Trinajstić information content (AvgIpc) is 2.87. The van der Waals surface area contributed by atoms with E-state index in [4.69, 9.17) is 14.2 Å². The third-order valence-electron chi connectivity index (χ3n) is 5.61. The van der Waals surface area contributed by atoms with Crippen LogP contribution in [0.15, 0.2) is 71.6 Å². The fourth-order valence-electron chi connectivity index (χ4n) is 3.65. The lowest BCUT2D eigenvalue weighted by Crippen LogP contribution is -2.28. The van der Waals surface area contributed by atoms with Gasteiger partial charge in [-0.3, -0.25) is 9.10 Å². The molecule has 9 heteroatoms. The molecule has 3 aromatic carbocycles. The largest absolute Gasteiger partial charge is 0.495 e. The maximum absolute atomic E-state index is 13.1. The van der Waals surface area contributed by atoms with E-state index < -0.39 is 10.0 Å². The van der Waals surface area contributed by atoms with Gasteiger partial charge in [-0.2, -0.15) is 0 Å². The van der Waals surface area contributed by atoms with Gasteiger partial charge in [-0.15, -0.1) is 0 Å². The van der Waals surface area contributed by atoms with Crippen LogP contribution in [0.1, 0.15) is 28.9 Å². The van der Waals surface area contributed by atoms with E-state index in [0.29, 0.717) is 41.7 Å². The highest BCUT2D eigenvalue weighted by atomic mass is 32.2. The number of amides is 1. The van der Waals surface area contributed by atoms with Crippen LogP contribution in [0.2, 0.25) is 0 Å². The van der Waals surface area contributed by atoms with Crippen LogP contribution in [0.4, 0.5) is 5.69 Å². The van der Waals surface area contributed by atoms with Crippen molar-refractivity contribution in [3.8, 4) is 17.2 Å². The molecule has 0 unspecified atom stereocenters. The highest BCUT2D eigenvalue weighted by molar-refractivity contribution is 7.92. The first kappa shape index (κ1) is 23.4. The lowest BCUT2D eigenvalue weighted by atomic mass is 10.1. The van der Waals surface area contributed by atoms with E-state index in [-0.39, 0.29) is 16.8 Å². The summed E-state index contributed by atoms with van der Waals surface area (Å²) in [6, 6.07) is 18.0. The first-order valence-electron chi connectivity index (χ1n) is 10.7. The smallest absolute Gasteiger partial charge is 0.264 e. The summed E-state index contributed by atoms with van der Waals surface area (Å²) in [5.41, 5.74) is 1.64. The Morgan fingerprint density at radius 2 is 1.68 bits per heavy atom. The van der Waals surface area contributed by atoms with E-state index in [1.807, 2.05) is 25.1 Å². The quantitative estimate of drug-likeness (QED) is 0.551. The highest BCUT2D eigenvalue weighted by Crippen LogP contribution is 2.33. The van der Waals surface area contributed by atoms with Crippen LogP contribution in [0.3, 0.4) is 0 Å². The second-order valence-corrected chi connectivity index (χ2v) is 9.74. The van der Waals surface area contributed by atoms with Crippen LogP contribution >= 0.6 is 0 Å². The molecule has 1 amide bonds. The van der Waals surface area contributed by atoms with Crippen molar-refractivity contribution in [3.05, 3.63) is 77.9 Å². The summed E-state index contributed by atoms with van der Waals surface area (Å²) in [5.74, 6) is 1.46. The monoisotopic (exact) mass is 482 g/mol. The highest BCUT2D eigenvalue weighted by Gasteiger charge is 2.24. The fourth-order valence-corrected chi connectivity index (χ4v) is 4.85. The second-order valence-electron chi connectivity index (χ2n) is 7.77. The first-order chi connectivity index (χ1) is 16.3. The molecular weight excluding hydrogens is 456 g/mol. The van der Waals surface area contributed by atoms with Crippen molar-refractivity contribution in [2.45, 2.75) is 17.9 Å². The fraction of sp³-hybridized carbons (Fsp3) is 0.240. The Bertz CT molecular complexity index is 1290. The van der Waals surface area contributed by atoms with Gasteiger partial charge in [-0.05, 0) is 61.0 Å². The summed E-state index contributed by atoms with van der Waals surface area (Å²) in [6.07, 6.45) is 0. The molecule has 1 aliphatic heterocycles. The minimum absolute atomic E-state index is 0.0670. The molecule has 0 saturated carbocycles. The number of fused-ring (bicyclic) bond motifs is 1. The Morgan fingerprint density at radius 3 is 2.38 bits per heavy atom. The Hall–Kier alpha value is -3.72. The molecular formula is C25H26N2O6S. The summed E-state index contributed by atoms with van der Waals surface area (Å²) in [6.45, 7) is 2.86. The van der Waals surface area contributed by atoms with Gasteiger partial charge >= 0.3 is 0 Å². The van der Waals surface area contributed by atoms with Crippen LogP contribution in [0.25, 0.3) is 0 Å². The molecule has 0 fully saturated rings. The SMILES string of the molecule is COc1ccccc1N(C)S(=O)(=O)c1ccc(C(=O)N[C@H](C)c2ccc3c(c2)OCCO3)cc1. The molecule has 0 radical (unpaired) electrons. The molecule has 1 aliphatic rings. The number of nitrogens with one attached hydrogen (secondary N) is 1. The van der Waals surface area contributed by atoms with E-state index in [0.717, 1.165) is 9.87 Å². The van der Waals surface area contributed by atoms with E-state index in [9.17, 15) is 13.2 Å². The minimum atomic E-state index is -3.85. The Kier molecular flexibility index (Phi) is 6.65. The predicted molar refractivity (Wildman–Crippen MR) is 128 cm³/mol. The molecule has 178 valence electrons. The number of methoxy groups -OCH3 is 1. The van der Waals surface area contributed by atoms with Crippen molar-refractivity contribution in [2.24, 2.45) is 0 Å². The zero-order chi connectivity index (χ0) is 24.3. The van der Waals surface area contributed by atoms with Gasteiger partial charge in [0.25, 0.3) is 15.9 Å². The van der Waals surface area contributed by atoms with Gasteiger partial charge in [-0.1, -0.05) is 18.2 Å². The molecule has 0 aliphatic carbocycles. The number of benzene rings is 3. The summed E-state index contributed by atoms with van der Waals surface area (Å²) < 4.78 is 43.8. The van der Waals surface area contributed by atoms with Gasteiger partial charge in [-0.25, -0.2) is 8.42 Å². The van der Waals surface area contributed by atoms with Crippen molar-refractivity contribution in [1.82, 2.24) is 5.32 Å². The number of rotatable bonds is 7. The lowest BCUT2D eigenvalue weighted by Gasteiger charge is -2.22.